The second kappa shape index (κ2) is 12.3. The molecule has 0 bridgehead atoms. The Morgan fingerprint density at radius 2 is 1.51 bits per heavy atom. The maximum absolute atomic E-state index is 14.6. The lowest BCUT2D eigenvalue weighted by Crippen LogP contribution is -2.53. The number of benzene rings is 4. The number of anilines is 1. The number of piperidine rings is 1. The predicted molar refractivity (Wildman–Crippen MR) is 169 cm³/mol. The Hall–Kier alpha value is -4.05. The van der Waals surface area contributed by atoms with Gasteiger partial charge in [-0.2, -0.15) is 0 Å². The number of carbonyl (C=O) groups excluding carboxylic acids is 2. The third-order valence-electron chi connectivity index (χ3n) is 8.62. The normalized spacial score (nSPS) is 19.3. The van der Waals surface area contributed by atoms with Crippen LogP contribution in [0.4, 0.5) is 5.69 Å². The Morgan fingerprint density at radius 1 is 0.837 bits per heavy atom. The van der Waals surface area contributed by atoms with Crippen molar-refractivity contribution in [2.45, 2.75) is 49.1 Å². The molecule has 0 aromatic heterocycles. The highest BCUT2D eigenvalue weighted by Crippen LogP contribution is 2.35. The summed E-state index contributed by atoms with van der Waals surface area (Å²) in [6, 6.07) is 26.5. The molecule has 2 unspecified atom stereocenters. The monoisotopic (exact) mass is 596 g/mol. The Balaban J connectivity index is 1.35. The Kier molecular flexibility index (Phi) is 8.30. The summed E-state index contributed by atoms with van der Waals surface area (Å²) in [6.45, 7) is 3.76. The molecule has 8 nitrogen and oxygen atoms in total. The van der Waals surface area contributed by atoms with E-state index in [2.05, 4.69) is 16.0 Å². The first-order valence-electron chi connectivity index (χ1n) is 14.8. The summed E-state index contributed by atoms with van der Waals surface area (Å²) in [7, 11) is -4.25. The van der Waals surface area contributed by atoms with E-state index in [0.717, 1.165) is 15.4 Å². The van der Waals surface area contributed by atoms with Gasteiger partial charge in [-0.3, -0.25) is 9.59 Å². The molecule has 2 heterocycles. The largest absolute Gasteiger partial charge is 0.321 e. The van der Waals surface area contributed by atoms with Crippen LogP contribution in [0.5, 0.6) is 0 Å². The van der Waals surface area contributed by atoms with Crippen molar-refractivity contribution in [3.8, 4) is 0 Å². The Labute approximate surface area is 252 Å². The summed E-state index contributed by atoms with van der Waals surface area (Å²) in [5, 5.41) is 10.6. The number of aryl methyl sites for hydroxylation is 1. The minimum Gasteiger partial charge on any atom is -0.321 e. The van der Waals surface area contributed by atoms with Gasteiger partial charge in [-0.25, -0.2) is 12.7 Å². The molecule has 0 saturated carbocycles. The van der Waals surface area contributed by atoms with Gasteiger partial charge in [-0.05, 0) is 74.5 Å². The number of nitrogens with one attached hydrogen (secondary N) is 3. The fraction of sp³-hybridized carbons (Fsp3) is 0.294. The highest BCUT2D eigenvalue weighted by Gasteiger charge is 2.42. The topological polar surface area (TPSA) is 108 Å². The van der Waals surface area contributed by atoms with Crippen LogP contribution in [0.15, 0.2) is 95.9 Å². The third kappa shape index (κ3) is 5.80. The first kappa shape index (κ1) is 29.0. The molecule has 0 aliphatic carbocycles. The van der Waals surface area contributed by atoms with Crippen LogP contribution in [-0.2, 0) is 14.8 Å². The molecular formula is C34H36N4O4S. The number of nitrogens with zero attached hydrogens (tertiary/aromatic N) is 1. The SMILES string of the molecule is Cc1ccccc1C(=O)Nc1ccc(S(=O)(=O)N(C(=O)C2CC(c3ccccc3)CN2)C2CCNCC2)c2ccccc12. The van der Waals surface area contributed by atoms with Crippen molar-refractivity contribution in [1.29, 1.82) is 0 Å². The van der Waals surface area contributed by atoms with Gasteiger partial charge in [0.25, 0.3) is 21.8 Å². The first-order valence-corrected chi connectivity index (χ1v) is 16.2. The van der Waals surface area contributed by atoms with Crippen LogP contribution in [0.25, 0.3) is 10.8 Å². The molecule has 2 atom stereocenters. The van der Waals surface area contributed by atoms with Gasteiger partial charge in [-0.15, -0.1) is 0 Å². The first-order chi connectivity index (χ1) is 20.8. The lowest BCUT2D eigenvalue weighted by Gasteiger charge is -2.35. The zero-order chi connectivity index (χ0) is 30.0. The van der Waals surface area contributed by atoms with E-state index in [4.69, 9.17) is 0 Å². The molecule has 2 aliphatic heterocycles. The van der Waals surface area contributed by atoms with Crippen LogP contribution in [0, 0.1) is 6.92 Å². The highest BCUT2D eigenvalue weighted by atomic mass is 32.2. The summed E-state index contributed by atoms with van der Waals surface area (Å²) in [4.78, 5) is 27.4. The predicted octanol–water partition coefficient (Wildman–Crippen LogP) is 4.82. The lowest BCUT2D eigenvalue weighted by molar-refractivity contribution is -0.130. The summed E-state index contributed by atoms with van der Waals surface area (Å²) in [5.41, 5.74) is 3.03. The van der Waals surface area contributed by atoms with Crippen molar-refractivity contribution in [3.63, 3.8) is 0 Å². The molecule has 0 spiro atoms. The lowest BCUT2D eigenvalue weighted by atomic mass is 9.96. The molecule has 43 heavy (non-hydrogen) atoms. The molecule has 2 aliphatic rings. The number of sulfonamides is 1. The fourth-order valence-electron chi connectivity index (χ4n) is 6.32. The van der Waals surface area contributed by atoms with Gasteiger partial charge >= 0.3 is 0 Å². The van der Waals surface area contributed by atoms with E-state index in [1.807, 2.05) is 61.5 Å². The van der Waals surface area contributed by atoms with Crippen molar-refractivity contribution in [2.24, 2.45) is 0 Å². The number of carbonyl (C=O) groups is 2. The highest BCUT2D eigenvalue weighted by molar-refractivity contribution is 7.90. The van der Waals surface area contributed by atoms with Crippen molar-refractivity contribution in [1.82, 2.24) is 14.9 Å². The third-order valence-corrected chi connectivity index (χ3v) is 10.5. The average Bonchev–Trinajstić information content (AvgIpc) is 3.53. The summed E-state index contributed by atoms with van der Waals surface area (Å²) < 4.78 is 30.3. The molecule has 3 N–H and O–H groups in total. The van der Waals surface area contributed by atoms with Crippen LogP contribution < -0.4 is 16.0 Å². The summed E-state index contributed by atoms with van der Waals surface area (Å²) in [5.74, 6) is -0.554. The molecule has 6 rings (SSSR count). The molecule has 4 aromatic rings. The van der Waals surface area contributed by atoms with E-state index in [1.165, 1.54) is 6.07 Å². The average molecular weight is 597 g/mol. The molecule has 0 radical (unpaired) electrons. The zero-order valence-electron chi connectivity index (χ0n) is 24.1. The molecule has 4 aromatic carbocycles. The second-order valence-electron chi connectivity index (χ2n) is 11.4. The van der Waals surface area contributed by atoms with E-state index < -0.39 is 28.0 Å². The van der Waals surface area contributed by atoms with Gasteiger partial charge in [0, 0.05) is 28.6 Å². The number of hydrogen-bond acceptors (Lipinski definition) is 6. The molecule has 2 amide bonds. The van der Waals surface area contributed by atoms with E-state index in [1.54, 1.807) is 30.3 Å². The number of fused-ring (bicyclic) bond motifs is 1. The van der Waals surface area contributed by atoms with Gasteiger partial charge in [0.1, 0.15) is 0 Å². The minimum absolute atomic E-state index is 0.0569. The van der Waals surface area contributed by atoms with Gasteiger partial charge in [0.05, 0.1) is 17.0 Å². The summed E-state index contributed by atoms with van der Waals surface area (Å²) >= 11 is 0. The number of amides is 2. The van der Waals surface area contributed by atoms with Crippen LogP contribution in [0.3, 0.4) is 0 Å². The zero-order valence-corrected chi connectivity index (χ0v) is 24.9. The molecule has 222 valence electrons. The number of hydrogen-bond donors (Lipinski definition) is 3. The van der Waals surface area contributed by atoms with Gasteiger partial charge in [0.15, 0.2) is 0 Å². The van der Waals surface area contributed by atoms with E-state index in [9.17, 15) is 18.0 Å². The van der Waals surface area contributed by atoms with Gasteiger partial charge in [-0.1, -0.05) is 72.8 Å². The van der Waals surface area contributed by atoms with Gasteiger partial charge < -0.3 is 16.0 Å². The van der Waals surface area contributed by atoms with Crippen LogP contribution >= 0.6 is 0 Å². The molecule has 2 saturated heterocycles. The summed E-state index contributed by atoms with van der Waals surface area (Å²) in [6.07, 6.45) is 1.62. The Bertz CT molecular complexity index is 1750. The van der Waals surface area contributed by atoms with E-state index in [0.29, 0.717) is 60.9 Å². The van der Waals surface area contributed by atoms with Crippen molar-refractivity contribution in [3.05, 3.63) is 108 Å². The molecule has 9 heteroatoms. The second-order valence-corrected chi connectivity index (χ2v) is 13.1. The molecule has 2 fully saturated rings. The van der Waals surface area contributed by atoms with Crippen molar-refractivity contribution in [2.75, 3.05) is 25.0 Å². The number of rotatable bonds is 7. The standard InChI is InChI=1S/C34H36N4O4S/c1-23-9-5-6-12-27(23)33(39)37-30-15-16-32(29-14-8-7-13-28(29)30)43(41,42)38(26-17-19-35-20-18-26)34(40)31-21-25(22-36-31)24-10-3-2-4-11-24/h2-16,25-26,31,35-36H,17-22H2,1H3,(H,37,39). The fourth-order valence-corrected chi connectivity index (χ4v) is 8.20. The van der Waals surface area contributed by atoms with Crippen LogP contribution in [0.1, 0.15) is 46.7 Å². The van der Waals surface area contributed by atoms with Crippen molar-refractivity contribution < 1.29 is 18.0 Å². The van der Waals surface area contributed by atoms with Crippen molar-refractivity contribution >= 4 is 38.3 Å². The van der Waals surface area contributed by atoms with Crippen LogP contribution in [0.2, 0.25) is 0 Å². The maximum atomic E-state index is 14.6. The van der Waals surface area contributed by atoms with Crippen LogP contribution in [-0.4, -0.2) is 56.3 Å². The maximum Gasteiger partial charge on any atom is 0.267 e. The molecular weight excluding hydrogens is 560 g/mol. The van der Waals surface area contributed by atoms with E-state index in [-0.39, 0.29) is 16.7 Å². The van der Waals surface area contributed by atoms with E-state index >= 15 is 0 Å². The minimum atomic E-state index is -4.25. The quantitative estimate of drug-likeness (QED) is 0.283. The van der Waals surface area contributed by atoms with Gasteiger partial charge in [0.2, 0.25) is 0 Å². The Morgan fingerprint density at radius 3 is 2.26 bits per heavy atom. The smallest absolute Gasteiger partial charge is 0.267 e.